The number of hydrogen-bond donors (Lipinski definition) is 1. The molecule has 0 aliphatic carbocycles. The van der Waals surface area contributed by atoms with Crippen LogP contribution in [0.15, 0.2) is 54.6 Å². The molecule has 0 spiro atoms. The lowest BCUT2D eigenvalue weighted by Crippen LogP contribution is -2.06. The van der Waals surface area contributed by atoms with Gasteiger partial charge in [0, 0.05) is 18.5 Å². The number of fused-ring (bicyclic) bond motifs is 1. The Labute approximate surface area is 128 Å². The summed E-state index contributed by atoms with van der Waals surface area (Å²) in [5.41, 5.74) is 3.93. The van der Waals surface area contributed by atoms with Crippen LogP contribution < -0.4 is 5.32 Å². The van der Waals surface area contributed by atoms with Crippen LogP contribution in [-0.4, -0.2) is 16.3 Å². The molecule has 3 aromatic rings. The number of hydrogen-bond acceptors (Lipinski definition) is 2. The second kappa shape index (κ2) is 5.30. The normalized spacial score (nSPS) is 13.0. The zero-order valence-corrected chi connectivity index (χ0v) is 12.1. The predicted molar refractivity (Wildman–Crippen MR) is 85.0 cm³/mol. The van der Waals surface area contributed by atoms with E-state index in [-0.39, 0.29) is 5.82 Å². The molecule has 2 heterocycles. The van der Waals surface area contributed by atoms with Crippen molar-refractivity contribution in [3.05, 3.63) is 77.2 Å². The number of benzene rings is 2. The topological polar surface area (TPSA) is 29.9 Å². The molecule has 0 radical (unpaired) electrons. The average Bonchev–Trinajstić information content (AvgIpc) is 3.13. The molecule has 1 aliphatic rings. The summed E-state index contributed by atoms with van der Waals surface area (Å²) in [5.74, 6) is 0.670. The summed E-state index contributed by atoms with van der Waals surface area (Å²) in [7, 11) is 0. The minimum absolute atomic E-state index is 0.257. The molecule has 0 amide bonds. The zero-order chi connectivity index (χ0) is 14.9. The molecule has 1 N–H and O–H groups in total. The van der Waals surface area contributed by atoms with Gasteiger partial charge < -0.3 is 5.32 Å². The van der Waals surface area contributed by atoms with E-state index in [9.17, 15) is 4.39 Å². The van der Waals surface area contributed by atoms with Crippen molar-refractivity contribution < 1.29 is 4.39 Å². The molecule has 0 atom stereocenters. The Morgan fingerprint density at radius 2 is 1.82 bits per heavy atom. The Hall–Kier alpha value is -2.62. The molecular formula is C18H16FN3. The SMILES string of the molecule is Fc1ccccc1-n1nc(Cc2ccccc2)c2c1NCC2. The molecule has 110 valence electrons. The third-order valence-electron chi connectivity index (χ3n) is 4.03. The predicted octanol–water partition coefficient (Wildman–Crippen LogP) is 3.57. The molecule has 0 bridgehead atoms. The number of halogens is 1. The van der Waals surface area contributed by atoms with E-state index < -0.39 is 0 Å². The van der Waals surface area contributed by atoms with Crippen molar-refractivity contribution in [3.63, 3.8) is 0 Å². The molecule has 0 saturated heterocycles. The van der Waals surface area contributed by atoms with Crippen LogP contribution in [0.4, 0.5) is 10.2 Å². The molecule has 2 aromatic carbocycles. The maximum atomic E-state index is 14.1. The van der Waals surface area contributed by atoms with Gasteiger partial charge in [0.15, 0.2) is 0 Å². The molecular weight excluding hydrogens is 277 g/mol. The minimum atomic E-state index is -0.257. The summed E-state index contributed by atoms with van der Waals surface area (Å²) in [6.07, 6.45) is 1.71. The number of aromatic nitrogens is 2. The van der Waals surface area contributed by atoms with Crippen LogP contribution in [0.2, 0.25) is 0 Å². The summed E-state index contributed by atoms with van der Waals surface area (Å²) in [6.45, 7) is 0.878. The third-order valence-corrected chi connectivity index (χ3v) is 4.03. The molecule has 0 fully saturated rings. The lowest BCUT2D eigenvalue weighted by atomic mass is 10.1. The lowest BCUT2D eigenvalue weighted by molar-refractivity contribution is 0.610. The molecule has 3 nitrogen and oxygen atoms in total. The van der Waals surface area contributed by atoms with Gasteiger partial charge >= 0.3 is 0 Å². The Morgan fingerprint density at radius 1 is 1.05 bits per heavy atom. The summed E-state index contributed by atoms with van der Waals surface area (Å²) in [6, 6.07) is 17.0. The van der Waals surface area contributed by atoms with Gasteiger partial charge in [-0.2, -0.15) is 5.10 Å². The van der Waals surface area contributed by atoms with E-state index in [1.165, 1.54) is 17.2 Å². The highest BCUT2D eigenvalue weighted by Crippen LogP contribution is 2.30. The van der Waals surface area contributed by atoms with Gasteiger partial charge in [-0.1, -0.05) is 42.5 Å². The van der Waals surface area contributed by atoms with Gasteiger partial charge in [0.2, 0.25) is 0 Å². The number of rotatable bonds is 3. The first-order valence-corrected chi connectivity index (χ1v) is 7.46. The van der Waals surface area contributed by atoms with Crippen LogP contribution in [0.1, 0.15) is 16.8 Å². The van der Waals surface area contributed by atoms with Gasteiger partial charge in [-0.05, 0) is 24.1 Å². The largest absolute Gasteiger partial charge is 0.369 e. The fourth-order valence-electron chi connectivity index (χ4n) is 2.97. The summed E-state index contributed by atoms with van der Waals surface area (Å²) < 4.78 is 15.8. The van der Waals surface area contributed by atoms with Crippen LogP contribution in [0.3, 0.4) is 0 Å². The molecule has 22 heavy (non-hydrogen) atoms. The van der Waals surface area contributed by atoms with E-state index in [2.05, 4.69) is 22.5 Å². The Balaban J connectivity index is 1.79. The van der Waals surface area contributed by atoms with Crippen LogP contribution >= 0.6 is 0 Å². The van der Waals surface area contributed by atoms with Crippen molar-refractivity contribution in [2.45, 2.75) is 12.8 Å². The zero-order valence-electron chi connectivity index (χ0n) is 12.1. The van der Waals surface area contributed by atoms with E-state index >= 15 is 0 Å². The van der Waals surface area contributed by atoms with E-state index in [0.717, 1.165) is 30.9 Å². The molecule has 1 aromatic heterocycles. The van der Waals surface area contributed by atoms with E-state index in [4.69, 9.17) is 0 Å². The first-order chi connectivity index (χ1) is 10.8. The second-order valence-electron chi connectivity index (χ2n) is 5.48. The Kier molecular flexibility index (Phi) is 3.15. The van der Waals surface area contributed by atoms with Crippen molar-refractivity contribution in [1.29, 1.82) is 0 Å². The average molecular weight is 293 g/mol. The number of para-hydroxylation sites is 1. The third kappa shape index (κ3) is 2.17. The van der Waals surface area contributed by atoms with Crippen LogP contribution in [-0.2, 0) is 12.8 Å². The van der Waals surface area contributed by atoms with Crippen LogP contribution in [0.5, 0.6) is 0 Å². The second-order valence-corrected chi connectivity index (χ2v) is 5.48. The molecule has 4 heteroatoms. The molecule has 0 saturated carbocycles. The van der Waals surface area contributed by atoms with Gasteiger partial charge in [-0.3, -0.25) is 0 Å². The maximum absolute atomic E-state index is 14.1. The van der Waals surface area contributed by atoms with Gasteiger partial charge in [0.05, 0.1) is 5.69 Å². The highest BCUT2D eigenvalue weighted by molar-refractivity contribution is 5.57. The van der Waals surface area contributed by atoms with Crippen LogP contribution in [0.25, 0.3) is 5.69 Å². The lowest BCUT2D eigenvalue weighted by Gasteiger charge is -2.07. The van der Waals surface area contributed by atoms with E-state index in [1.54, 1.807) is 16.8 Å². The van der Waals surface area contributed by atoms with Crippen molar-refractivity contribution >= 4 is 5.82 Å². The quantitative estimate of drug-likeness (QED) is 0.800. The summed E-state index contributed by atoms with van der Waals surface area (Å²) >= 11 is 0. The first-order valence-electron chi connectivity index (χ1n) is 7.46. The van der Waals surface area contributed by atoms with E-state index in [1.807, 2.05) is 24.3 Å². The maximum Gasteiger partial charge on any atom is 0.148 e. The Morgan fingerprint density at radius 3 is 2.64 bits per heavy atom. The van der Waals surface area contributed by atoms with Crippen molar-refractivity contribution in [3.8, 4) is 5.69 Å². The first kappa shape index (κ1) is 13.1. The fourth-order valence-corrected chi connectivity index (χ4v) is 2.97. The monoisotopic (exact) mass is 293 g/mol. The van der Waals surface area contributed by atoms with Gasteiger partial charge in [-0.15, -0.1) is 0 Å². The molecule has 4 rings (SSSR count). The smallest absolute Gasteiger partial charge is 0.148 e. The van der Waals surface area contributed by atoms with Gasteiger partial charge in [0.1, 0.15) is 17.3 Å². The number of nitrogens with one attached hydrogen (secondary N) is 1. The highest BCUT2D eigenvalue weighted by atomic mass is 19.1. The molecule has 0 unspecified atom stereocenters. The standard InChI is InChI=1S/C18H16FN3/c19-15-8-4-5-9-17(15)22-18-14(10-11-20-18)16(21-22)12-13-6-2-1-3-7-13/h1-9,20H,10-12H2. The van der Waals surface area contributed by atoms with Crippen LogP contribution in [0, 0.1) is 5.82 Å². The fraction of sp³-hybridized carbons (Fsp3) is 0.167. The highest BCUT2D eigenvalue weighted by Gasteiger charge is 2.23. The van der Waals surface area contributed by atoms with Crippen molar-refractivity contribution in [2.75, 3.05) is 11.9 Å². The number of anilines is 1. The van der Waals surface area contributed by atoms with Crippen molar-refractivity contribution in [1.82, 2.24) is 9.78 Å². The Bertz CT molecular complexity index is 808. The number of nitrogens with zero attached hydrogens (tertiary/aromatic N) is 2. The van der Waals surface area contributed by atoms with Crippen molar-refractivity contribution in [2.24, 2.45) is 0 Å². The summed E-state index contributed by atoms with van der Waals surface area (Å²) in [5, 5.41) is 8.01. The minimum Gasteiger partial charge on any atom is -0.369 e. The molecule has 1 aliphatic heterocycles. The van der Waals surface area contributed by atoms with Gasteiger partial charge in [0.25, 0.3) is 0 Å². The summed E-state index contributed by atoms with van der Waals surface area (Å²) in [4.78, 5) is 0. The van der Waals surface area contributed by atoms with Gasteiger partial charge in [-0.25, -0.2) is 9.07 Å². The van der Waals surface area contributed by atoms with E-state index in [0.29, 0.717) is 5.69 Å².